The van der Waals surface area contributed by atoms with Crippen LogP contribution in [0.5, 0.6) is 0 Å². The van der Waals surface area contributed by atoms with E-state index in [4.69, 9.17) is 0 Å². The molecule has 2 rings (SSSR count). The fourth-order valence-corrected chi connectivity index (χ4v) is 2.27. The van der Waals surface area contributed by atoms with Gasteiger partial charge >= 0.3 is 6.18 Å². The van der Waals surface area contributed by atoms with Crippen LogP contribution in [0.4, 0.5) is 17.6 Å². The molecule has 0 fully saturated rings. The Kier molecular flexibility index (Phi) is 3.71. The Hall–Kier alpha value is -1.69. The highest BCUT2D eigenvalue weighted by atomic mass is 32.1. The minimum Gasteiger partial charge on any atom is -0.294 e. The first-order valence-corrected chi connectivity index (χ1v) is 6.23. The van der Waals surface area contributed by atoms with E-state index in [0.717, 1.165) is 11.6 Å². The van der Waals surface area contributed by atoms with Crippen LogP contribution in [-0.2, 0) is 12.6 Å². The molecule has 0 spiro atoms. The lowest BCUT2D eigenvalue weighted by atomic mass is 10.0. The van der Waals surface area contributed by atoms with E-state index in [-0.39, 0.29) is 12.0 Å². The van der Waals surface area contributed by atoms with Gasteiger partial charge in [0.2, 0.25) is 0 Å². The second-order valence-electron chi connectivity index (χ2n) is 3.92. The van der Waals surface area contributed by atoms with Gasteiger partial charge in [-0.1, -0.05) is 0 Å². The summed E-state index contributed by atoms with van der Waals surface area (Å²) in [7, 11) is 0. The Morgan fingerprint density at radius 1 is 1.21 bits per heavy atom. The van der Waals surface area contributed by atoms with Crippen LogP contribution in [0.15, 0.2) is 35.0 Å². The molecule has 0 radical (unpaired) electrons. The number of ketones is 1. The number of hydrogen-bond acceptors (Lipinski definition) is 2. The molecule has 19 heavy (non-hydrogen) atoms. The third-order valence-corrected chi connectivity index (χ3v) is 3.27. The second-order valence-corrected chi connectivity index (χ2v) is 4.70. The maximum Gasteiger partial charge on any atom is 0.419 e. The van der Waals surface area contributed by atoms with E-state index in [1.54, 1.807) is 16.8 Å². The van der Waals surface area contributed by atoms with E-state index < -0.39 is 23.3 Å². The molecule has 0 aliphatic rings. The molecule has 2 aromatic rings. The molecule has 0 saturated heterocycles. The predicted octanol–water partition coefficient (Wildman–Crippen LogP) is 4.33. The van der Waals surface area contributed by atoms with Gasteiger partial charge in [0.1, 0.15) is 5.82 Å². The zero-order chi connectivity index (χ0) is 14.0. The normalized spacial score (nSPS) is 11.6. The van der Waals surface area contributed by atoms with Gasteiger partial charge in [-0.05, 0) is 40.6 Å². The van der Waals surface area contributed by atoms with Crippen molar-refractivity contribution in [2.45, 2.75) is 12.6 Å². The summed E-state index contributed by atoms with van der Waals surface area (Å²) in [5.41, 5.74) is -0.823. The predicted molar refractivity (Wildman–Crippen MR) is 63.8 cm³/mol. The Labute approximate surface area is 110 Å². The zero-order valence-corrected chi connectivity index (χ0v) is 10.3. The number of hydrogen-bond donors (Lipinski definition) is 0. The Bertz CT molecular complexity index is 587. The van der Waals surface area contributed by atoms with Crippen LogP contribution in [0.3, 0.4) is 0 Å². The minimum atomic E-state index is -4.80. The van der Waals surface area contributed by atoms with Crippen LogP contribution in [0, 0.1) is 5.82 Å². The average molecular weight is 288 g/mol. The quantitative estimate of drug-likeness (QED) is 0.607. The fourth-order valence-electron chi connectivity index (χ4n) is 1.60. The van der Waals surface area contributed by atoms with Crippen molar-refractivity contribution in [3.05, 3.63) is 57.5 Å². The first-order valence-electron chi connectivity index (χ1n) is 5.29. The number of carbonyl (C=O) groups is 1. The monoisotopic (exact) mass is 288 g/mol. The molecular formula is C13H8F4OS. The molecule has 1 heterocycles. The summed E-state index contributed by atoms with van der Waals surface area (Å²) < 4.78 is 50.6. The van der Waals surface area contributed by atoms with Gasteiger partial charge in [0.15, 0.2) is 5.78 Å². The molecular weight excluding hydrogens is 280 g/mol. The van der Waals surface area contributed by atoms with Crippen molar-refractivity contribution in [1.29, 1.82) is 0 Å². The Morgan fingerprint density at radius 3 is 2.53 bits per heavy atom. The number of halogens is 4. The van der Waals surface area contributed by atoms with Gasteiger partial charge in [-0.25, -0.2) is 4.39 Å². The van der Waals surface area contributed by atoms with Gasteiger partial charge in [-0.15, -0.1) is 0 Å². The number of benzene rings is 1. The molecule has 1 aromatic heterocycles. The molecule has 100 valence electrons. The van der Waals surface area contributed by atoms with E-state index in [1.165, 1.54) is 11.3 Å². The van der Waals surface area contributed by atoms with Crippen molar-refractivity contribution in [2.75, 3.05) is 0 Å². The third kappa shape index (κ3) is 3.20. The molecule has 1 nitrogen and oxygen atoms in total. The molecule has 0 aliphatic heterocycles. The van der Waals surface area contributed by atoms with Crippen molar-refractivity contribution >= 4 is 17.1 Å². The average Bonchev–Trinajstić information content (AvgIpc) is 2.80. The summed E-state index contributed by atoms with van der Waals surface area (Å²) >= 11 is 1.39. The first kappa shape index (κ1) is 13.7. The van der Waals surface area contributed by atoms with Crippen LogP contribution in [-0.4, -0.2) is 5.78 Å². The summed E-state index contributed by atoms with van der Waals surface area (Å²) in [6.07, 6.45) is -4.80. The highest BCUT2D eigenvalue weighted by Gasteiger charge is 2.34. The van der Waals surface area contributed by atoms with Gasteiger partial charge in [-0.3, -0.25) is 4.79 Å². The van der Waals surface area contributed by atoms with E-state index in [0.29, 0.717) is 12.1 Å². The summed E-state index contributed by atoms with van der Waals surface area (Å²) in [6.45, 7) is 0. The van der Waals surface area contributed by atoms with E-state index in [1.807, 2.05) is 0 Å². The van der Waals surface area contributed by atoms with Gasteiger partial charge < -0.3 is 0 Å². The number of carbonyl (C=O) groups excluding carboxylic acids is 1. The summed E-state index contributed by atoms with van der Waals surface area (Å²) in [4.78, 5) is 11.8. The lowest BCUT2D eigenvalue weighted by molar-refractivity contribution is -0.140. The molecule has 0 atom stereocenters. The van der Waals surface area contributed by atoms with Gasteiger partial charge in [0.05, 0.1) is 5.56 Å². The van der Waals surface area contributed by atoms with Crippen LogP contribution in [0.2, 0.25) is 0 Å². The number of thiophene rings is 1. The summed E-state index contributed by atoms with van der Waals surface area (Å²) in [6, 6.07) is 4.02. The van der Waals surface area contributed by atoms with Crippen LogP contribution >= 0.6 is 11.3 Å². The zero-order valence-electron chi connectivity index (χ0n) is 9.50. The Balaban J connectivity index is 2.28. The molecule has 0 unspecified atom stereocenters. The highest BCUT2D eigenvalue weighted by molar-refractivity contribution is 7.08. The molecule has 0 N–H and O–H groups in total. The lowest BCUT2D eigenvalue weighted by Gasteiger charge is -2.09. The third-order valence-electron chi connectivity index (χ3n) is 2.54. The lowest BCUT2D eigenvalue weighted by Crippen LogP contribution is -2.11. The van der Waals surface area contributed by atoms with Gasteiger partial charge in [0.25, 0.3) is 0 Å². The summed E-state index contributed by atoms with van der Waals surface area (Å²) in [5.74, 6) is -1.84. The number of alkyl halides is 3. The van der Waals surface area contributed by atoms with Gasteiger partial charge in [0, 0.05) is 12.0 Å². The molecule has 0 aliphatic carbocycles. The first-order chi connectivity index (χ1) is 8.88. The van der Waals surface area contributed by atoms with Crippen molar-refractivity contribution in [3.63, 3.8) is 0 Å². The van der Waals surface area contributed by atoms with E-state index >= 15 is 0 Å². The highest BCUT2D eigenvalue weighted by Crippen LogP contribution is 2.32. The smallest absolute Gasteiger partial charge is 0.294 e. The SMILES string of the molecule is O=C(Cc1ccsc1)c1ccc(F)c(C(F)(F)F)c1. The van der Waals surface area contributed by atoms with Crippen LogP contribution < -0.4 is 0 Å². The second kappa shape index (κ2) is 5.13. The van der Waals surface area contributed by atoms with Crippen LogP contribution in [0.1, 0.15) is 21.5 Å². The summed E-state index contributed by atoms with van der Waals surface area (Å²) in [5, 5.41) is 3.51. The molecule has 1 aromatic carbocycles. The number of Topliss-reactive ketones (excluding diaryl/α,β-unsaturated/α-hetero) is 1. The van der Waals surface area contributed by atoms with Crippen molar-refractivity contribution in [1.82, 2.24) is 0 Å². The standard InChI is InChI=1S/C13H8F4OS/c14-11-2-1-9(6-10(11)13(15,16)17)12(18)5-8-3-4-19-7-8/h1-4,6-7H,5H2. The van der Waals surface area contributed by atoms with Crippen LogP contribution in [0.25, 0.3) is 0 Å². The van der Waals surface area contributed by atoms with Gasteiger partial charge in [-0.2, -0.15) is 24.5 Å². The topological polar surface area (TPSA) is 17.1 Å². The minimum absolute atomic E-state index is 0.00638. The molecule has 0 saturated carbocycles. The maximum absolute atomic E-state index is 13.1. The molecule has 0 bridgehead atoms. The fraction of sp³-hybridized carbons (Fsp3) is 0.154. The largest absolute Gasteiger partial charge is 0.419 e. The number of rotatable bonds is 3. The molecule has 6 heteroatoms. The maximum atomic E-state index is 13.1. The molecule has 0 amide bonds. The van der Waals surface area contributed by atoms with E-state index in [2.05, 4.69) is 0 Å². The van der Waals surface area contributed by atoms with E-state index in [9.17, 15) is 22.4 Å². The van der Waals surface area contributed by atoms with Crippen molar-refractivity contribution in [3.8, 4) is 0 Å². The Morgan fingerprint density at radius 2 is 1.95 bits per heavy atom. The van der Waals surface area contributed by atoms with Crippen molar-refractivity contribution < 1.29 is 22.4 Å². The van der Waals surface area contributed by atoms with Crippen molar-refractivity contribution in [2.24, 2.45) is 0 Å².